The molecule has 0 saturated heterocycles. The number of fused-ring (bicyclic) bond motifs is 1. The van der Waals surface area contributed by atoms with Gasteiger partial charge >= 0.3 is 0 Å². The van der Waals surface area contributed by atoms with Gasteiger partial charge in [-0.25, -0.2) is 0 Å². The van der Waals surface area contributed by atoms with Crippen LogP contribution in [0.5, 0.6) is 0 Å². The van der Waals surface area contributed by atoms with Crippen molar-refractivity contribution in [3.8, 4) is 0 Å². The highest BCUT2D eigenvalue weighted by molar-refractivity contribution is 6.07. The Morgan fingerprint density at radius 3 is 2.26 bits per heavy atom. The smallest absolute Gasteiger partial charge is 0.171 e. The highest BCUT2D eigenvalue weighted by atomic mass is 16.1. The maximum atomic E-state index is 12.2. The van der Waals surface area contributed by atoms with Gasteiger partial charge in [-0.1, -0.05) is 72.8 Å². The minimum atomic E-state index is 0.0388. The molecule has 0 aromatic heterocycles. The average molecular weight is 245 g/mol. The molecule has 3 aromatic carbocycles. The predicted octanol–water partition coefficient (Wildman–Crippen LogP) is 4.28. The number of carbonyl (C=O) groups excluding carboxylic acids is 1. The van der Waals surface area contributed by atoms with Gasteiger partial charge in [-0.3, -0.25) is 4.79 Å². The van der Waals surface area contributed by atoms with Crippen LogP contribution in [0.2, 0.25) is 0 Å². The van der Waals surface area contributed by atoms with E-state index in [0.29, 0.717) is 0 Å². The Bertz CT molecular complexity index is 709. The van der Waals surface area contributed by atoms with Crippen molar-refractivity contribution in [1.29, 1.82) is 0 Å². The Kier molecular flexibility index (Phi) is 3.11. The highest BCUT2D eigenvalue weighted by Crippen LogP contribution is 2.21. The van der Waals surface area contributed by atoms with Gasteiger partial charge in [0.05, 0.1) is 6.42 Å². The van der Waals surface area contributed by atoms with Crippen molar-refractivity contribution in [2.75, 3.05) is 0 Å². The number of Topliss-reactive ketones (excluding diaryl/α,β-unsaturated/α-hetero) is 1. The maximum Gasteiger partial charge on any atom is 0.171 e. The van der Waals surface area contributed by atoms with Crippen molar-refractivity contribution < 1.29 is 4.79 Å². The molecule has 0 aliphatic carbocycles. The Morgan fingerprint density at radius 1 is 0.737 bits per heavy atom. The van der Waals surface area contributed by atoms with Crippen molar-refractivity contribution >= 4 is 16.6 Å². The molecule has 0 atom stereocenters. The zero-order valence-corrected chi connectivity index (χ0v) is 10.4. The summed E-state index contributed by atoms with van der Waals surface area (Å²) >= 11 is 0. The largest absolute Gasteiger partial charge is 0.293 e. The van der Waals surface area contributed by atoms with Crippen LogP contribution in [-0.2, 0) is 0 Å². The van der Waals surface area contributed by atoms with Gasteiger partial charge in [0.2, 0.25) is 0 Å². The lowest BCUT2D eigenvalue weighted by Gasteiger charge is -2.05. The van der Waals surface area contributed by atoms with Crippen molar-refractivity contribution in [3.05, 3.63) is 90.3 Å². The fourth-order valence-electron chi connectivity index (χ4n) is 2.20. The van der Waals surface area contributed by atoms with Crippen LogP contribution in [0.4, 0.5) is 0 Å². The monoisotopic (exact) mass is 245 g/mol. The van der Waals surface area contributed by atoms with Crippen molar-refractivity contribution in [1.82, 2.24) is 0 Å². The van der Waals surface area contributed by atoms with Crippen LogP contribution < -0.4 is 0 Å². The van der Waals surface area contributed by atoms with Crippen LogP contribution in [0, 0.1) is 6.42 Å². The number of benzene rings is 3. The molecule has 3 rings (SSSR count). The summed E-state index contributed by atoms with van der Waals surface area (Å²) in [4.78, 5) is 12.2. The molecule has 19 heavy (non-hydrogen) atoms. The lowest BCUT2D eigenvalue weighted by Crippen LogP contribution is -2.01. The normalized spacial score (nSPS) is 10.5. The third kappa shape index (κ3) is 2.41. The standard InChI is InChI=1S/C18H13O/c19-18(15-8-2-1-3-9-15)13-16-11-6-10-14-7-4-5-12-17(14)16/h1-13H. The zero-order valence-electron chi connectivity index (χ0n) is 10.4. The molecule has 1 radical (unpaired) electrons. The lowest BCUT2D eigenvalue weighted by atomic mass is 9.98. The lowest BCUT2D eigenvalue weighted by molar-refractivity contribution is 0.103. The van der Waals surface area contributed by atoms with Crippen LogP contribution in [0.3, 0.4) is 0 Å². The summed E-state index contributed by atoms with van der Waals surface area (Å²) in [5.74, 6) is 0.0388. The van der Waals surface area contributed by atoms with Crippen molar-refractivity contribution in [2.24, 2.45) is 0 Å². The first-order valence-electron chi connectivity index (χ1n) is 6.26. The fourth-order valence-corrected chi connectivity index (χ4v) is 2.20. The van der Waals surface area contributed by atoms with Gasteiger partial charge in [0.25, 0.3) is 0 Å². The fraction of sp³-hybridized carbons (Fsp3) is 0. The van der Waals surface area contributed by atoms with E-state index in [2.05, 4.69) is 12.1 Å². The Morgan fingerprint density at radius 2 is 1.42 bits per heavy atom. The second kappa shape index (κ2) is 5.07. The van der Waals surface area contributed by atoms with E-state index in [1.165, 1.54) is 0 Å². The molecule has 1 heteroatoms. The van der Waals surface area contributed by atoms with Gasteiger partial charge in [0, 0.05) is 5.56 Å². The SMILES string of the molecule is O=C([CH]c1cccc2ccccc12)c1ccccc1. The second-order valence-corrected chi connectivity index (χ2v) is 4.44. The van der Waals surface area contributed by atoms with Crippen LogP contribution in [0.25, 0.3) is 10.8 Å². The molecule has 0 N–H and O–H groups in total. The van der Waals surface area contributed by atoms with E-state index in [9.17, 15) is 4.79 Å². The van der Waals surface area contributed by atoms with E-state index in [1.54, 1.807) is 6.42 Å². The molecule has 0 aliphatic heterocycles. The van der Waals surface area contributed by atoms with E-state index in [-0.39, 0.29) is 5.78 Å². The van der Waals surface area contributed by atoms with Crippen molar-refractivity contribution in [2.45, 2.75) is 0 Å². The molecule has 1 nitrogen and oxygen atoms in total. The maximum absolute atomic E-state index is 12.2. The Hall–Kier alpha value is -2.41. The first kappa shape index (κ1) is 11.7. The molecule has 0 heterocycles. The summed E-state index contributed by atoms with van der Waals surface area (Å²) in [5.41, 5.74) is 1.68. The van der Waals surface area contributed by atoms with E-state index < -0.39 is 0 Å². The summed E-state index contributed by atoms with van der Waals surface area (Å²) in [6.07, 6.45) is 1.71. The van der Waals surface area contributed by atoms with Gasteiger partial charge in [0.1, 0.15) is 0 Å². The first-order chi connectivity index (χ1) is 9.34. The molecule has 0 fully saturated rings. The van der Waals surface area contributed by atoms with Gasteiger partial charge < -0.3 is 0 Å². The minimum absolute atomic E-state index is 0.0388. The second-order valence-electron chi connectivity index (χ2n) is 4.44. The van der Waals surface area contributed by atoms with Crippen LogP contribution in [-0.4, -0.2) is 5.78 Å². The number of carbonyl (C=O) groups is 1. The third-order valence-corrected chi connectivity index (χ3v) is 3.17. The number of hydrogen-bond donors (Lipinski definition) is 0. The molecular weight excluding hydrogens is 232 g/mol. The zero-order chi connectivity index (χ0) is 13.1. The van der Waals surface area contributed by atoms with Crippen LogP contribution in [0.15, 0.2) is 72.8 Å². The van der Waals surface area contributed by atoms with Gasteiger partial charge in [-0.15, -0.1) is 0 Å². The van der Waals surface area contributed by atoms with E-state index in [1.807, 2.05) is 60.7 Å². The number of ketones is 1. The molecule has 0 bridgehead atoms. The summed E-state index contributed by atoms with van der Waals surface area (Å²) in [5, 5.41) is 2.26. The minimum Gasteiger partial charge on any atom is -0.293 e. The Labute approximate surface area is 112 Å². The number of hydrogen-bond acceptors (Lipinski definition) is 1. The quantitative estimate of drug-likeness (QED) is 0.629. The molecule has 91 valence electrons. The molecule has 0 aliphatic rings. The van der Waals surface area contributed by atoms with E-state index in [4.69, 9.17) is 0 Å². The Balaban J connectivity index is 1.96. The summed E-state index contributed by atoms with van der Waals surface area (Å²) in [6.45, 7) is 0. The van der Waals surface area contributed by atoms with Gasteiger partial charge in [-0.05, 0) is 16.3 Å². The van der Waals surface area contributed by atoms with E-state index >= 15 is 0 Å². The molecule has 0 saturated carbocycles. The summed E-state index contributed by atoms with van der Waals surface area (Å²) < 4.78 is 0. The molecule has 0 amide bonds. The highest BCUT2D eigenvalue weighted by Gasteiger charge is 2.09. The van der Waals surface area contributed by atoms with Crippen molar-refractivity contribution in [3.63, 3.8) is 0 Å². The van der Waals surface area contributed by atoms with Gasteiger partial charge in [0.15, 0.2) is 5.78 Å². The summed E-state index contributed by atoms with van der Waals surface area (Å²) in [7, 11) is 0. The molecular formula is C18H13O. The van der Waals surface area contributed by atoms with Gasteiger partial charge in [-0.2, -0.15) is 0 Å². The average Bonchev–Trinajstić information content (AvgIpc) is 2.48. The first-order valence-corrected chi connectivity index (χ1v) is 6.26. The number of rotatable bonds is 3. The molecule has 3 aromatic rings. The topological polar surface area (TPSA) is 17.1 Å². The van der Waals surface area contributed by atoms with Crippen LogP contribution in [0.1, 0.15) is 15.9 Å². The third-order valence-electron chi connectivity index (χ3n) is 3.17. The van der Waals surface area contributed by atoms with Crippen LogP contribution >= 0.6 is 0 Å². The molecule has 0 spiro atoms. The molecule has 0 unspecified atom stereocenters. The summed E-state index contributed by atoms with van der Waals surface area (Å²) in [6, 6.07) is 23.4. The van der Waals surface area contributed by atoms with E-state index in [0.717, 1.165) is 21.9 Å². The predicted molar refractivity (Wildman–Crippen MR) is 78.1 cm³/mol.